The Bertz CT molecular complexity index is 483. The molecule has 0 amide bonds. The molecule has 0 aromatic carbocycles. The number of nitrogens with zero attached hydrogens (tertiary/aromatic N) is 2. The van der Waals surface area contributed by atoms with E-state index in [1.54, 1.807) is 4.31 Å². The largest absolute Gasteiger partial charge is 0.481 e. The summed E-state index contributed by atoms with van der Waals surface area (Å²) in [6.07, 6.45) is 2.20. The summed E-state index contributed by atoms with van der Waals surface area (Å²) in [4.78, 5) is 11.2. The lowest BCUT2D eigenvalue weighted by molar-refractivity contribution is -0.143. The molecule has 2 aliphatic heterocycles. The van der Waals surface area contributed by atoms with Crippen molar-refractivity contribution in [3.05, 3.63) is 0 Å². The molecule has 21 heavy (non-hydrogen) atoms. The van der Waals surface area contributed by atoms with Crippen LogP contribution in [0.15, 0.2) is 0 Å². The van der Waals surface area contributed by atoms with E-state index in [1.807, 2.05) is 6.92 Å². The number of carboxylic acids is 1. The fraction of sp³-hybridized carbons (Fsp3) is 0.929. The van der Waals surface area contributed by atoms with E-state index in [0.717, 1.165) is 6.42 Å². The van der Waals surface area contributed by atoms with Gasteiger partial charge in [0.2, 0.25) is 0 Å². The van der Waals surface area contributed by atoms with Crippen molar-refractivity contribution in [2.24, 2.45) is 17.8 Å². The van der Waals surface area contributed by atoms with Gasteiger partial charge in [-0.25, -0.2) is 0 Å². The predicted molar refractivity (Wildman–Crippen MR) is 80.0 cm³/mol. The molecule has 0 radical (unpaired) electrons. The zero-order chi connectivity index (χ0) is 15.8. The molecule has 2 fully saturated rings. The summed E-state index contributed by atoms with van der Waals surface area (Å²) in [5.41, 5.74) is 0. The van der Waals surface area contributed by atoms with Crippen LogP contribution < -0.4 is 0 Å². The van der Waals surface area contributed by atoms with Gasteiger partial charge in [-0.15, -0.1) is 0 Å². The highest BCUT2D eigenvalue weighted by Crippen LogP contribution is 2.30. The number of hydrogen-bond acceptors (Lipinski definition) is 3. The summed E-state index contributed by atoms with van der Waals surface area (Å²) in [5, 5.41) is 9.17. The number of hydrogen-bond donors (Lipinski definition) is 1. The first-order chi connectivity index (χ1) is 9.71. The lowest BCUT2D eigenvalue weighted by Crippen LogP contribution is -2.55. The minimum atomic E-state index is -3.56. The molecule has 2 saturated heterocycles. The predicted octanol–water partition coefficient (Wildman–Crippen LogP) is 1.39. The van der Waals surface area contributed by atoms with Gasteiger partial charge in [-0.05, 0) is 38.0 Å². The molecule has 4 unspecified atom stereocenters. The summed E-state index contributed by atoms with van der Waals surface area (Å²) in [6.45, 7) is 7.17. The van der Waals surface area contributed by atoms with Gasteiger partial charge in [0.1, 0.15) is 0 Å². The van der Waals surface area contributed by atoms with E-state index >= 15 is 0 Å². The molecule has 2 heterocycles. The minimum absolute atomic E-state index is 0.0953. The number of rotatable bonds is 3. The SMILES string of the molecule is CC1CC(C)CN(S(=O)(=O)N2CC(C(=O)O)CCC2C)C1. The zero-order valence-electron chi connectivity index (χ0n) is 13.0. The highest BCUT2D eigenvalue weighted by molar-refractivity contribution is 7.86. The molecular formula is C14H26N2O4S. The van der Waals surface area contributed by atoms with E-state index in [-0.39, 0.29) is 12.6 Å². The van der Waals surface area contributed by atoms with Gasteiger partial charge in [0.25, 0.3) is 10.2 Å². The smallest absolute Gasteiger partial charge is 0.307 e. The molecule has 0 aromatic rings. The fourth-order valence-electron chi connectivity index (χ4n) is 3.54. The Morgan fingerprint density at radius 1 is 1.05 bits per heavy atom. The molecule has 0 spiro atoms. The van der Waals surface area contributed by atoms with E-state index < -0.39 is 22.1 Å². The second-order valence-electron chi connectivity index (χ2n) is 6.80. The fourth-order valence-corrected chi connectivity index (χ4v) is 5.65. The monoisotopic (exact) mass is 318 g/mol. The minimum Gasteiger partial charge on any atom is -0.481 e. The van der Waals surface area contributed by atoms with Gasteiger partial charge in [-0.1, -0.05) is 13.8 Å². The van der Waals surface area contributed by atoms with Gasteiger partial charge >= 0.3 is 5.97 Å². The van der Waals surface area contributed by atoms with E-state index in [9.17, 15) is 13.2 Å². The molecule has 0 saturated carbocycles. The van der Waals surface area contributed by atoms with Crippen LogP contribution >= 0.6 is 0 Å². The van der Waals surface area contributed by atoms with Crippen molar-refractivity contribution in [3.63, 3.8) is 0 Å². The van der Waals surface area contributed by atoms with Crippen LogP contribution in [-0.4, -0.2) is 53.8 Å². The molecule has 0 aliphatic carbocycles. The highest BCUT2D eigenvalue weighted by Gasteiger charge is 2.41. The van der Waals surface area contributed by atoms with Crippen molar-refractivity contribution in [1.82, 2.24) is 8.61 Å². The van der Waals surface area contributed by atoms with E-state index in [1.165, 1.54) is 4.31 Å². The van der Waals surface area contributed by atoms with Gasteiger partial charge in [-0.2, -0.15) is 17.0 Å². The first-order valence-electron chi connectivity index (χ1n) is 7.71. The average Bonchev–Trinajstić information content (AvgIpc) is 2.37. The maximum Gasteiger partial charge on any atom is 0.307 e. The van der Waals surface area contributed by atoms with E-state index in [2.05, 4.69) is 13.8 Å². The Hall–Kier alpha value is -0.660. The standard InChI is InChI=1S/C14H26N2O4S/c1-10-6-11(2)8-15(7-10)21(19,20)16-9-13(14(17)18)5-4-12(16)3/h10-13H,4-9H2,1-3H3,(H,17,18). The summed E-state index contributed by atoms with van der Waals surface area (Å²) < 4.78 is 28.7. The van der Waals surface area contributed by atoms with Crippen molar-refractivity contribution < 1.29 is 18.3 Å². The Labute approximate surface area is 127 Å². The molecule has 0 bridgehead atoms. The van der Waals surface area contributed by atoms with Crippen molar-refractivity contribution in [3.8, 4) is 0 Å². The summed E-state index contributed by atoms with van der Waals surface area (Å²) in [6, 6.07) is -0.127. The Morgan fingerprint density at radius 2 is 1.62 bits per heavy atom. The molecule has 1 N–H and O–H groups in total. The zero-order valence-corrected chi connectivity index (χ0v) is 13.8. The molecule has 0 aromatic heterocycles. The second-order valence-corrected chi connectivity index (χ2v) is 8.68. The van der Waals surface area contributed by atoms with Gasteiger partial charge in [0.15, 0.2) is 0 Å². The average molecular weight is 318 g/mol. The number of carbonyl (C=O) groups is 1. The van der Waals surface area contributed by atoms with Crippen molar-refractivity contribution in [2.75, 3.05) is 19.6 Å². The van der Waals surface area contributed by atoms with Crippen molar-refractivity contribution in [2.45, 2.75) is 46.1 Å². The molecule has 2 rings (SSSR count). The third kappa shape index (κ3) is 3.57. The molecule has 4 atom stereocenters. The number of aliphatic carboxylic acids is 1. The highest BCUT2D eigenvalue weighted by atomic mass is 32.2. The summed E-state index contributed by atoms with van der Waals surface area (Å²) in [5.74, 6) is -0.795. The quantitative estimate of drug-likeness (QED) is 0.853. The maximum absolute atomic E-state index is 12.9. The van der Waals surface area contributed by atoms with Crippen LogP contribution in [0.3, 0.4) is 0 Å². The molecule has 6 nitrogen and oxygen atoms in total. The van der Waals surface area contributed by atoms with Gasteiger partial charge in [0.05, 0.1) is 5.92 Å². The van der Waals surface area contributed by atoms with Crippen LogP contribution in [0.25, 0.3) is 0 Å². The molecular weight excluding hydrogens is 292 g/mol. The Balaban J connectivity index is 2.18. The first kappa shape index (κ1) is 16.7. The van der Waals surface area contributed by atoms with Crippen LogP contribution in [0.5, 0.6) is 0 Å². The van der Waals surface area contributed by atoms with Crippen LogP contribution in [0.2, 0.25) is 0 Å². The molecule has 2 aliphatic rings. The Morgan fingerprint density at radius 3 is 2.14 bits per heavy atom. The maximum atomic E-state index is 12.9. The van der Waals surface area contributed by atoms with Crippen molar-refractivity contribution >= 4 is 16.2 Å². The lowest BCUT2D eigenvalue weighted by atomic mass is 9.94. The topological polar surface area (TPSA) is 77.9 Å². The lowest BCUT2D eigenvalue weighted by Gasteiger charge is -2.41. The van der Waals surface area contributed by atoms with E-state index in [0.29, 0.717) is 37.8 Å². The summed E-state index contributed by atoms with van der Waals surface area (Å²) in [7, 11) is -3.56. The van der Waals surface area contributed by atoms with E-state index in [4.69, 9.17) is 5.11 Å². The second kappa shape index (κ2) is 6.22. The first-order valence-corrected chi connectivity index (χ1v) is 9.11. The van der Waals surface area contributed by atoms with Crippen molar-refractivity contribution in [1.29, 1.82) is 0 Å². The van der Waals surface area contributed by atoms with Crippen LogP contribution in [-0.2, 0) is 15.0 Å². The van der Waals surface area contributed by atoms with Crippen LogP contribution in [0.4, 0.5) is 0 Å². The number of carboxylic acid groups (broad SMARTS) is 1. The Kier molecular flexibility index (Phi) is 4.95. The molecule has 122 valence electrons. The number of piperidine rings is 2. The normalized spacial score (nSPS) is 36.5. The van der Waals surface area contributed by atoms with Crippen LogP contribution in [0.1, 0.15) is 40.0 Å². The van der Waals surface area contributed by atoms with Crippen LogP contribution in [0, 0.1) is 17.8 Å². The third-order valence-corrected chi connectivity index (χ3v) is 6.68. The van der Waals surface area contributed by atoms with Gasteiger partial charge in [-0.3, -0.25) is 4.79 Å². The molecule has 7 heteroatoms. The summed E-state index contributed by atoms with van der Waals surface area (Å²) >= 11 is 0. The van der Waals surface area contributed by atoms with Gasteiger partial charge in [0, 0.05) is 25.7 Å². The third-order valence-electron chi connectivity index (χ3n) is 4.63. The van der Waals surface area contributed by atoms with Gasteiger partial charge < -0.3 is 5.11 Å².